The maximum Gasteiger partial charge on any atom is 0.120 e. The Hall–Kier alpha value is -0.590. The second kappa shape index (κ2) is 2.57. The number of carbonyl (C=O) groups excluding carboxylic acids is 1. The fraction of sp³-hybridized carbons (Fsp3) is 0.667. The standard InChI is InChI=1S/C9H14O/c1-9(2)6-3-4-8(9)5-7-10/h3,6-8H,4-5H2,1-2H3/t8-/m1/s1. The van der Waals surface area contributed by atoms with E-state index in [1.54, 1.807) is 0 Å². The Morgan fingerprint density at radius 1 is 1.70 bits per heavy atom. The van der Waals surface area contributed by atoms with Crippen molar-refractivity contribution in [2.75, 3.05) is 0 Å². The third-order valence-corrected chi connectivity index (χ3v) is 2.40. The molecule has 0 aromatic heterocycles. The minimum absolute atomic E-state index is 0.251. The third-order valence-electron chi connectivity index (χ3n) is 2.40. The van der Waals surface area contributed by atoms with Gasteiger partial charge in [-0.05, 0) is 17.8 Å². The van der Waals surface area contributed by atoms with Gasteiger partial charge in [-0.15, -0.1) is 0 Å². The Kier molecular flexibility index (Phi) is 1.93. The van der Waals surface area contributed by atoms with Crippen molar-refractivity contribution < 1.29 is 4.79 Å². The third kappa shape index (κ3) is 1.28. The summed E-state index contributed by atoms with van der Waals surface area (Å²) in [7, 11) is 0. The van der Waals surface area contributed by atoms with Gasteiger partial charge in [-0.25, -0.2) is 0 Å². The van der Waals surface area contributed by atoms with Gasteiger partial charge in [-0.1, -0.05) is 26.0 Å². The highest BCUT2D eigenvalue weighted by Gasteiger charge is 2.29. The number of hydrogen-bond donors (Lipinski definition) is 0. The van der Waals surface area contributed by atoms with Crippen LogP contribution in [0.1, 0.15) is 26.7 Å². The molecule has 0 heterocycles. The number of hydrogen-bond acceptors (Lipinski definition) is 1. The molecule has 0 bridgehead atoms. The molecule has 0 unspecified atom stereocenters. The Morgan fingerprint density at radius 3 is 2.80 bits per heavy atom. The van der Waals surface area contributed by atoms with E-state index in [1.165, 1.54) is 0 Å². The molecule has 0 radical (unpaired) electrons. The molecule has 1 heteroatoms. The first kappa shape index (κ1) is 7.52. The second-order valence-corrected chi connectivity index (χ2v) is 3.56. The summed E-state index contributed by atoms with van der Waals surface area (Å²) in [5.74, 6) is 0.546. The molecule has 0 aliphatic heterocycles. The first-order valence-electron chi connectivity index (χ1n) is 3.78. The van der Waals surface area contributed by atoms with Crippen LogP contribution in [-0.2, 0) is 4.79 Å². The first-order chi connectivity index (χ1) is 4.67. The van der Waals surface area contributed by atoms with Crippen LogP contribution in [0, 0.1) is 11.3 Å². The van der Waals surface area contributed by atoms with E-state index in [4.69, 9.17) is 0 Å². The molecular formula is C9H14O. The SMILES string of the molecule is CC1(C)C=CC[C@@H]1CC=O. The van der Waals surface area contributed by atoms with Crippen LogP contribution >= 0.6 is 0 Å². The van der Waals surface area contributed by atoms with Crippen LogP contribution in [0.5, 0.6) is 0 Å². The smallest absolute Gasteiger partial charge is 0.120 e. The first-order valence-corrected chi connectivity index (χ1v) is 3.78. The lowest BCUT2D eigenvalue weighted by molar-refractivity contribution is -0.109. The van der Waals surface area contributed by atoms with E-state index in [-0.39, 0.29) is 5.41 Å². The molecule has 1 nitrogen and oxygen atoms in total. The molecule has 10 heavy (non-hydrogen) atoms. The van der Waals surface area contributed by atoms with Crippen molar-refractivity contribution in [1.82, 2.24) is 0 Å². The van der Waals surface area contributed by atoms with Crippen LogP contribution < -0.4 is 0 Å². The molecule has 1 rings (SSSR count). The maximum absolute atomic E-state index is 10.2. The molecule has 1 atom stereocenters. The lowest BCUT2D eigenvalue weighted by atomic mass is 9.80. The fourth-order valence-corrected chi connectivity index (χ4v) is 1.49. The normalized spacial score (nSPS) is 28.8. The van der Waals surface area contributed by atoms with E-state index < -0.39 is 0 Å². The van der Waals surface area contributed by atoms with Crippen LogP contribution in [0.3, 0.4) is 0 Å². The zero-order valence-electron chi connectivity index (χ0n) is 6.63. The molecular weight excluding hydrogens is 124 g/mol. The van der Waals surface area contributed by atoms with E-state index in [9.17, 15) is 4.79 Å². The second-order valence-electron chi connectivity index (χ2n) is 3.56. The van der Waals surface area contributed by atoms with Gasteiger partial charge >= 0.3 is 0 Å². The topological polar surface area (TPSA) is 17.1 Å². The predicted octanol–water partition coefficient (Wildman–Crippen LogP) is 2.18. The summed E-state index contributed by atoms with van der Waals surface area (Å²) in [5.41, 5.74) is 0.251. The lowest BCUT2D eigenvalue weighted by Gasteiger charge is -2.23. The Bertz CT molecular complexity index is 156. The Balaban J connectivity index is 2.56. The Labute approximate surface area is 62.1 Å². The summed E-state index contributed by atoms with van der Waals surface area (Å²) in [6.45, 7) is 4.37. The minimum atomic E-state index is 0.251. The molecule has 56 valence electrons. The number of aldehydes is 1. The summed E-state index contributed by atoms with van der Waals surface area (Å²) in [5, 5.41) is 0. The van der Waals surface area contributed by atoms with Gasteiger partial charge in [-0.2, -0.15) is 0 Å². The van der Waals surface area contributed by atoms with Crippen LogP contribution in [-0.4, -0.2) is 6.29 Å². The number of carbonyl (C=O) groups is 1. The average Bonchev–Trinajstić information content (AvgIpc) is 2.13. The van der Waals surface area contributed by atoms with E-state index in [0.717, 1.165) is 12.7 Å². The van der Waals surface area contributed by atoms with E-state index in [2.05, 4.69) is 26.0 Å². The summed E-state index contributed by atoms with van der Waals surface area (Å²) >= 11 is 0. The Morgan fingerprint density at radius 2 is 2.40 bits per heavy atom. The number of allylic oxidation sites excluding steroid dienone is 2. The van der Waals surface area contributed by atoms with Gasteiger partial charge in [0.2, 0.25) is 0 Å². The van der Waals surface area contributed by atoms with Crippen molar-refractivity contribution in [3.8, 4) is 0 Å². The van der Waals surface area contributed by atoms with Gasteiger partial charge < -0.3 is 4.79 Å². The average molecular weight is 138 g/mol. The molecule has 0 fully saturated rings. The van der Waals surface area contributed by atoms with Crippen molar-refractivity contribution in [3.05, 3.63) is 12.2 Å². The highest BCUT2D eigenvalue weighted by molar-refractivity contribution is 5.50. The zero-order chi connectivity index (χ0) is 7.61. The van der Waals surface area contributed by atoms with Gasteiger partial charge in [0.05, 0.1) is 0 Å². The van der Waals surface area contributed by atoms with Crippen molar-refractivity contribution in [2.24, 2.45) is 11.3 Å². The molecule has 1 aliphatic carbocycles. The summed E-state index contributed by atoms with van der Waals surface area (Å²) < 4.78 is 0. The van der Waals surface area contributed by atoms with Crippen molar-refractivity contribution in [3.63, 3.8) is 0 Å². The summed E-state index contributed by atoms with van der Waals surface area (Å²) in [6.07, 6.45) is 7.19. The highest BCUT2D eigenvalue weighted by Crippen LogP contribution is 2.38. The molecule has 0 N–H and O–H groups in total. The van der Waals surface area contributed by atoms with Crippen LogP contribution in [0.25, 0.3) is 0 Å². The van der Waals surface area contributed by atoms with Crippen LogP contribution in [0.4, 0.5) is 0 Å². The minimum Gasteiger partial charge on any atom is -0.303 e. The largest absolute Gasteiger partial charge is 0.303 e. The van der Waals surface area contributed by atoms with Crippen LogP contribution in [0.2, 0.25) is 0 Å². The van der Waals surface area contributed by atoms with Crippen molar-refractivity contribution in [1.29, 1.82) is 0 Å². The lowest BCUT2D eigenvalue weighted by Crippen LogP contribution is -2.17. The zero-order valence-corrected chi connectivity index (χ0v) is 6.63. The van der Waals surface area contributed by atoms with E-state index >= 15 is 0 Å². The van der Waals surface area contributed by atoms with E-state index in [0.29, 0.717) is 12.3 Å². The number of rotatable bonds is 2. The van der Waals surface area contributed by atoms with Gasteiger partial charge in [-0.3, -0.25) is 0 Å². The summed E-state index contributed by atoms with van der Waals surface area (Å²) in [6, 6.07) is 0. The predicted molar refractivity (Wildman–Crippen MR) is 41.7 cm³/mol. The monoisotopic (exact) mass is 138 g/mol. The molecule has 0 spiro atoms. The van der Waals surface area contributed by atoms with Crippen molar-refractivity contribution >= 4 is 6.29 Å². The fourth-order valence-electron chi connectivity index (χ4n) is 1.49. The van der Waals surface area contributed by atoms with Gasteiger partial charge in [0, 0.05) is 6.42 Å². The maximum atomic E-state index is 10.2. The molecule has 0 amide bonds. The molecule has 0 aromatic carbocycles. The van der Waals surface area contributed by atoms with Gasteiger partial charge in [0.15, 0.2) is 0 Å². The van der Waals surface area contributed by atoms with E-state index in [1.807, 2.05) is 0 Å². The summed E-state index contributed by atoms with van der Waals surface area (Å²) in [4.78, 5) is 10.2. The van der Waals surface area contributed by atoms with Crippen LogP contribution in [0.15, 0.2) is 12.2 Å². The van der Waals surface area contributed by atoms with Gasteiger partial charge in [0.1, 0.15) is 6.29 Å². The van der Waals surface area contributed by atoms with Gasteiger partial charge in [0.25, 0.3) is 0 Å². The quantitative estimate of drug-likeness (QED) is 0.422. The van der Waals surface area contributed by atoms with Crippen molar-refractivity contribution in [2.45, 2.75) is 26.7 Å². The molecule has 0 aromatic rings. The molecule has 0 saturated carbocycles. The molecule has 1 aliphatic rings. The highest BCUT2D eigenvalue weighted by atomic mass is 16.1. The molecule has 0 saturated heterocycles.